The van der Waals surface area contributed by atoms with E-state index >= 15 is 0 Å². The molecule has 2 aliphatic heterocycles. The van der Waals surface area contributed by atoms with Gasteiger partial charge in [0.2, 0.25) is 5.91 Å². The lowest BCUT2D eigenvalue weighted by atomic mass is 9.94. The van der Waals surface area contributed by atoms with Crippen LogP contribution in [0.15, 0.2) is 54.6 Å². The Balaban J connectivity index is 1.26. The average Bonchev–Trinajstić information content (AvgIpc) is 3.49. The number of benzene rings is 3. The van der Waals surface area contributed by atoms with Crippen molar-refractivity contribution < 1.29 is 28.9 Å². The molecule has 0 radical (unpaired) electrons. The first-order chi connectivity index (χ1) is 18.3. The summed E-state index contributed by atoms with van der Waals surface area (Å²) in [6.45, 7) is 7.95. The van der Waals surface area contributed by atoms with Crippen molar-refractivity contribution in [2.75, 3.05) is 19.7 Å². The van der Waals surface area contributed by atoms with E-state index < -0.39 is 5.97 Å². The highest BCUT2D eigenvalue weighted by molar-refractivity contribution is 5.74. The maximum atomic E-state index is 11.6. The van der Waals surface area contributed by atoms with Gasteiger partial charge in [0.1, 0.15) is 30.0 Å². The number of carbonyl (C=O) groups excluding carboxylic acids is 1. The van der Waals surface area contributed by atoms with E-state index in [1.165, 1.54) is 5.56 Å². The number of carbonyl (C=O) groups is 2. The number of carboxylic acid groups (broad SMARTS) is 1. The molecule has 3 aromatic rings. The quantitative estimate of drug-likeness (QED) is 0.426. The molecule has 3 aromatic carbocycles. The Bertz CT molecular complexity index is 1340. The molecule has 0 aliphatic carbocycles. The van der Waals surface area contributed by atoms with Gasteiger partial charge in [-0.25, -0.2) is 0 Å². The van der Waals surface area contributed by atoms with Gasteiger partial charge in [0.05, 0.1) is 19.6 Å². The van der Waals surface area contributed by atoms with Crippen molar-refractivity contribution in [3.05, 3.63) is 76.9 Å². The van der Waals surface area contributed by atoms with Gasteiger partial charge in [0, 0.05) is 37.4 Å². The Morgan fingerprint density at radius 3 is 2.55 bits per heavy atom. The van der Waals surface area contributed by atoms with Crippen LogP contribution in [-0.4, -0.2) is 47.7 Å². The maximum Gasteiger partial charge on any atom is 0.304 e. The van der Waals surface area contributed by atoms with Gasteiger partial charge in [0.25, 0.3) is 0 Å². The van der Waals surface area contributed by atoms with Gasteiger partial charge < -0.3 is 24.2 Å². The minimum Gasteiger partial charge on any atom is -0.492 e. The maximum absolute atomic E-state index is 11.6. The molecule has 2 aliphatic rings. The molecule has 7 nitrogen and oxygen atoms in total. The van der Waals surface area contributed by atoms with Crippen LogP contribution in [0.25, 0.3) is 11.1 Å². The van der Waals surface area contributed by atoms with Crippen molar-refractivity contribution in [1.82, 2.24) is 4.90 Å². The fourth-order valence-electron chi connectivity index (χ4n) is 5.46. The minimum atomic E-state index is -0.825. The van der Waals surface area contributed by atoms with Gasteiger partial charge in [-0.3, -0.25) is 9.59 Å². The summed E-state index contributed by atoms with van der Waals surface area (Å²) in [4.78, 5) is 24.5. The summed E-state index contributed by atoms with van der Waals surface area (Å²) in [5, 5.41) is 9.10. The zero-order valence-electron chi connectivity index (χ0n) is 22.0. The number of aliphatic carboxylic acids is 1. The Hall–Kier alpha value is -4.00. The molecule has 1 N–H and O–H groups in total. The lowest BCUT2D eigenvalue weighted by molar-refractivity contribution is -0.137. The van der Waals surface area contributed by atoms with E-state index in [9.17, 15) is 9.59 Å². The second-order valence-electron chi connectivity index (χ2n) is 10.2. The first-order valence-corrected chi connectivity index (χ1v) is 13.0. The Labute approximate surface area is 222 Å². The van der Waals surface area contributed by atoms with E-state index in [1.807, 2.05) is 35.2 Å². The zero-order valence-corrected chi connectivity index (χ0v) is 22.0. The predicted molar refractivity (Wildman–Crippen MR) is 144 cm³/mol. The smallest absolute Gasteiger partial charge is 0.304 e. The van der Waals surface area contributed by atoms with Gasteiger partial charge in [-0.2, -0.15) is 0 Å². The van der Waals surface area contributed by atoms with Crippen molar-refractivity contribution in [3.8, 4) is 28.4 Å². The highest BCUT2D eigenvalue weighted by Gasteiger charge is 2.27. The molecular formula is C31H33NO6. The minimum absolute atomic E-state index is 0.0247. The van der Waals surface area contributed by atoms with Crippen molar-refractivity contribution in [3.63, 3.8) is 0 Å². The van der Waals surface area contributed by atoms with E-state index in [0.717, 1.165) is 46.5 Å². The van der Waals surface area contributed by atoms with Gasteiger partial charge in [-0.1, -0.05) is 24.3 Å². The van der Waals surface area contributed by atoms with Crippen LogP contribution in [0.2, 0.25) is 0 Å². The third kappa shape index (κ3) is 5.62. The molecule has 0 saturated carbocycles. The first-order valence-electron chi connectivity index (χ1n) is 13.0. The standard InChI is InChI=1S/C31H33NO6/c1-19-11-27(38-26-9-10-32(16-26)21(3)33)12-20(2)31(19)23-6-4-5-22(13-23)17-36-25-7-8-28-24(14-30(34)35)18-37-29(28)15-25/h4-8,11-13,15,24,26H,9-10,14,16-18H2,1-3H3,(H,34,35)/t24-,26?/m1/s1. The van der Waals surface area contributed by atoms with Crippen LogP contribution in [0.3, 0.4) is 0 Å². The van der Waals surface area contributed by atoms with Gasteiger partial charge in [-0.15, -0.1) is 0 Å². The van der Waals surface area contributed by atoms with Gasteiger partial charge in [0.15, 0.2) is 0 Å². The van der Waals surface area contributed by atoms with Gasteiger partial charge >= 0.3 is 5.97 Å². The summed E-state index contributed by atoms with van der Waals surface area (Å²) in [5.41, 5.74) is 6.51. The van der Waals surface area contributed by atoms with Crippen LogP contribution in [0.1, 0.15) is 47.9 Å². The Morgan fingerprint density at radius 2 is 1.84 bits per heavy atom. The van der Waals surface area contributed by atoms with Crippen LogP contribution in [-0.2, 0) is 16.2 Å². The molecule has 5 rings (SSSR count). The van der Waals surface area contributed by atoms with Crippen LogP contribution in [0.5, 0.6) is 17.2 Å². The molecule has 1 saturated heterocycles. The van der Waals surface area contributed by atoms with Crippen molar-refractivity contribution in [1.29, 1.82) is 0 Å². The molecule has 38 heavy (non-hydrogen) atoms. The van der Waals surface area contributed by atoms with Crippen molar-refractivity contribution in [2.45, 2.75) is 52.2 Å². The number of amides is 1. The third-order valence-electron chi connectivity index (χ3n) is 7.31. The summed E-state index contributed by atoms with van der Waals surface area (Å²) >= 11 is 0. The highest BCUT2D eigenvalue weighted by Crippen LogP contribution is 2.38. The number of carboxylic acids is 1. The Morgan fingerprint density at radius 1 is 1.05 bits per heavy atom. The number of hydrogen-bond donors (Lipinski definition) is 1. The molecule has 2 heterocycles. The van der Waals surface area contributed by atoms with Crippen LogP contribution >= 0.6 is 0 Å². The second-order valence-corrected chi connectivity index (χ2v) is 10.2. The zero-order chi connectivity index (χ0) is 26.8. The number of rotatable bonds is 8. The molecule has 7 heteroatoms. The lowest BCUT2D eigenvalue weighted by Gasteiger charge is -2.18. The number of ether oxygens (including phenoxy) is 3. The van der Waals surface area contributed by atoms with E-state index in [1.54, 1.807) is 6.92 Å². The number of hydrogen-bond acceptors (Lipinski definition) is 5. The van der Waals surface area contributed by atoms with E-state index in [4.69, 9.17) is 19.3 Å². The normalized spacial score (nSPS) is 18.1. The lowest BCUT2D eigenvalue weighted by Crippen LogP contribution is -2.28. The molecule has 0 aromatic heterocycles. The van der Waals surface area contributed by atoms with Crippen LogP contribution in [0, 0.1) is 13.8 Å². The Kier molecular flexibility index (Phi) is 7.27. The number of aryl methyl sites for hydroxylation is 2. The summed E-state index contributed by atoms with van der Waals surface area (Å²) in [6, 6.07) is 18.1. The number of likely N-dealkylation sites (tertiary alicyclic amines) is 1. The molecular weight excluding hydrogens is 482 g/mol. The van der Waals surface area contributed by atoms with Crippen molar-refractivity contribution in [2.24, 2.45) is 0 Å². The predicted octanol–water partition coefficient (Wildman–Crippen LogP) is 5.50. The van der Waals surface area contributed by atoms with Crippen LogP contribution < -0.4 is 14.2 Å². The largest absolute Gasteiger partial charge is 0.492 e. The molecule has 1 fully saturated rings. The van der Waals surface area contributed by atoms with E-state index in [2.05, 4.69) is 38.1 Å². The number of fused-ring (bicyclic) bond motifs is 1. The van der Waals surface area contributed by atoms with Gasteiger partial charge in [-0.05, 0) is 65.9 Å². The summed E-state index contributed by atoms with van der Waals surface area (Å²) in [7, 11) is 0. The fourth-order valence-corrected chi connectivity index (χ4v) is 5.46. The molecule has 198 valence electrons. The molecule has 0 spiro atoms. The third-order valence-corrected chi connectivity index (χ3v) is 7.31. The summed E-state index contributed by atoms with van der Waals surface area (Å²) in [5.74, 6) is 1.37. The molecule has 0 bridgehead atoms. The molecule has 1 amide bonds. The molecule has 2 atom stereocenters. The topological polar surface area (TPSA) is 85.3 Å². The first kappa shape index (κ1) is 25.6. The highest BCUT2D eigenvalue weighted by atomic mass is 16.5. The van der Waals surface area contributed by atoms with Crippen molar-refractivity contribution >= 4 is 11.9 Å². The SMILES string of the molecule is CC(=O)N1CCC(Oc2cc(C)c(-c3cccc(COc4ccc5c(c4)OC[C@H]5CC(=O)O)c3)c(C)c2)C1. The second kappa shape index (κ2) is 10.8. The monoisotopic (exact) mass is 515 g/mol. The van der Waals surface area contributed by atoms with Crippen LogP contribution in [0.4, 0.5) is 0 Å². The summed E-state index contributed by atoms with van der Waals surface area (Å²) in [6.07, 6.45) is 0.933. The van der Waals surface area contributed by atoms with E-state index in [-0.39, 0.29) is 24.3 Å². The van der Waals surface area contributed by atoms with E-state index in [0.29, 0.717) is 31.3 Å². The number of nitrogens with zero attached hydrogens (tertiary/aromatic N) is 1. The fraction of sp³-hybridized carbons (Fsp3) is 0.355. The summed E-state index contributed by atoms with van der Waals surface area (Å²) < 4.78 is 18.0. The molecule has 1 unspecified atom stereocenters. The average molecular weight is 516 g/mol.